The van der Waals surface area contributed by atoms with Gasteiger partial charge in [0.25, 0.3) is 0 Å². The molecule has 0 aliphatic heterocycles. The van der Waals surface area contributed by atoms with Gasteiger partial charge >= 0.3 is 0 Å². The summed E-state index contributed by atoms with van der Waals surface area (Å²) in [5, 5.41) is 11.2. The first-order valence-electron chi connectivity index (χ1n) is 2.29. The highest BCUT2D eigenvalue weighted by Gasteiger charge is 1.80. The van der Waals surface area contributed by atoms with Crippen molar-refractivity contribution in [3.63, 3.8) is 0 Å². The third-order valence-corrected chi connectivity index (χ3v) is 0.856. The minimum absolute atomic E-state index is 0.428. The second kappa shape index (κ2) is 4.37. The van der Waals surface area contributed by atoms with Gasteiger partial charge in [-0.3, -0.25) is 0 Å². The first-order valence-corrected chi connectivity index (χ1v) is 2.82. The largest absolute Gasteiger partial charge is 0.785 e. The first-order chi connectivity index (χ1) is 3.31. The summed E-state index contributed by atoms with van der Waals surface area (Å²) in [5.74, 6) is 0.428. The lowest BCUT2D eigenvalue weighted by Gasteiger charge is -2.24. The van der Waals surface area contributed by atoms with Gasteiger partial charge in [0.15, 0.2) is 0 Å². The zero-order valence-electron chi connectivity index (χ0n) is 4.35. The van der Waals surface area contributed by atoms with Crippen molar-refractivity contribution in [3.8, 4) is 0 Å². The Kier molecular flexibility index (Phi) is 4.50. The van der Waals surface area contributed by atoms with Gasteiger partial charge in [-0.05, 0) is 13.1 Å². The fraction of sp³-hybridized carbons (Fsp3) is 1.00. The lowest BCUT2D eigenvalue weighted by Crippen LogP contribution is -2.17. The van der Waals surface area contributed by atoms with Crippen molar-refractivity contribution in [2.75, 3.05) is 19.0 Å². The van der Waals surface area contributed by atoms with Crippen molar-refractivity contribution in [2.45, 2.75) is 6.92 Å². The van der Waals surface area contributed by atoms with E-state index in [4.69, 9.17) is 11.6 Å². The van der Waals surface area contributed by atoms with E-state index in [9.17, 15) is 5.21 Å². The van der Waals surface area contributed by atoms with E-state index in [1.165, 1.54) is 0 Å². The zero-order chi connectivity index (χ0) is 5.70. The van der Waals surface area contributed by atoms with E-state index in [0.29, 0.717) is 19.0 Å². The molecule has 0 saturated heterocycles. The Morgan fingerprint density at radius 3 is 2.43 bits per heavy atom. The van der Waals surface area contributed by atoms with Gasteiger partial charge in [0.1, 0.15) is 0 Å². The average Bonchev–Trinajstić information content (AvgIpc) is 1.68. The van der Waals surface area contributed by atoms with E-state index in [1.54, 1.807) is 6.92 Å². The summed E-state index contributed by atoms with van der Waals surface area (Å²) in [7, 11) is 0. The molecule has 0 bridgehead atoms. The standard InChI is InChI=1S/C4H9ClNO/c1-2-6(7)4-3-5/h2-4H2,1H3/q-1. The molecule has 7 heavy (non-hydrogen) atoms. The Hall–Kier alpha value is 0.210. The number of halogens is 1. The average molecular weight is 123 g/mol. The van der Waals surface area contributed by atoms with Crippen LogP contribution in [0.15, 0.2) is 0 Å². The number of nitrogens with zero attached hydrogens (tertiary/aromatic N) is 1. The van der Waals surface area contributed by atoms with Crippen molar-refractivity contribution in [1.29, 1.82) is 0 Å². The maximum absolute atomic E-state index is 10.2. The number of hydroxylamine groups is 2. The molecule has 0 heterocycles. The summed E-state index contributed by atoms with van der Waals surface area (Å²) in [4.78, 5) is 0. The summed E-state index contributed by atoms with van der Waals surface area (Å²) in [6.07, 6.45) is 0. The summed E-state index contributed by atoms with van der Waals surface area (Å²) in [5.41, 5.74) is 0. The molecular formula is C4H9ClNO-. The molecule has 0 saturated carbocycles. The van der Waals surface area contributed by atoms with Crippen LogP contribution >= 0.6 is 11.6 Å². The Bertz CT molecular complexity index is 42.7. The lowest BCUT2D eigenvalue weighted by atomic mass is 10.6. The van der Waals surface area contributed by atoms with Gasteiger partial charge in [-0.1, -0.05) is 6.92 Å². The number of hydrogen-bond acceptors (Lipinski definition) is 2. The van der Waals surface area contributed by atoms with Crippen LogP contribution in [0.5, 0.6) is 0 Å². The molecule has 0 aromatic heterocycles. The van der Waals surface area contributed by atoms with E-state index in [-0.39, 0.29) is 0 Å². The van der Waals surface area contributed by atoms with E-state index < -0.39 is 0 Å². The van der Waals surface area contributed by atoms with Gasteiger partial charge < -0.3 is 10.3 Å². The monoisotopic (exact) mass is 122 g/mol. The number of rotatable bonds is 3. The second-order valence-corrected chi connectivity index (χ2v) is 1.59. The molecule has 0 spiro atoms. The second-order valence-electron chi connectivity index (χ2n) is 1.21. The molecular weight excluding hydrogens is 114 g/mol. The van der Waals surface area contributed by atoms with Crippen LogP contribution in [0.3, 0.4) is 0 Å². The SMILES string of the molecule is CCN([O-])CCCl. The van der Waals surface area contributed by atoms with Crippen molar-refractivity contribution in [2.24, 2.45) is 0 Å². The van der Waals surface area contributed by atoms with Crippen LogP contribution in [0.2, 0.25) is 0 Å². The number of alkyl halides is 1. The lowest BCUT2D eigenvalue weighted by molar-refractivity contribution is 0.423. The maximum atomic E-state index is 10.2. The van der Waals surface area contributed by atoms with Gasteiger partial charge in [-0.15, -0.1) is 11.6 Å². The Labute approximate surface area is 48.6 Å². The molecule has 0 fully saturated rings. The Balaban J connectivity index is 2.83. The van der Waals surface area contributed by atoms with Crippen LogP contribution < -0.4 is 0 Å². The fourth-order valence-electron chi connectivity index (χ4n) is 0.252. The molecule has 0 radical (unpaired) electrons. The van der Waals surface area contributed by atoms with Crippen LogP contribution in [0.25, 0.3) is 0 Å². The highest BCUT2D eigenvalue weighted by atomic mass is 35.5. The molecule has 0 aliphatic carbocycles. The van der Waals surface area contributed by atoms with Crippen molar-refractivity contribution < 1.29 is 0 Å². The van der Waals surface area contributed by atoms with Crippen molar-refractivity contribution in [1.82, 2.24) is 5.06 Å². The third-order valence-electron chi connectivity index (χ3n) is 0.687. The smallest absolute Gasteiger partial charge is 0.0341 e. The minimum Gasteiger partial charge on any atom is -0.785 e. The first kappa shape index (κ1) is 7.21. The van der Waals surface area contributed by atoms with Gasteiger partial charge in [-0.2, -0.15) is 0 Å². The van der Waals surface area contributed by atoms with Crippen LogP contribution in [-0.2, 0) is 0 Å². The van der Waals surface area contributed by atoms with E-state index >= 15 is 0 Å². The van der Waals surface area contributed by atoms with Crippen molar-refractivity contribution >= 4 is 11.6 Å². The van der Waals surface area contributed by atoms with E-state index in [1.807, 2.05) is 0 Å². The van der Waals surface area contributed by atoms with Crippen LogP contribution in [0, 0.1) is 5.21 Å². The molecule has 0 rings (SSSR count). The molecule has 0 atom stereocenters. The molecule has 0 aromatic carbocycles. The van der Waals surface area contributed by atoms with E-state index in [0.717, 1.165) is 5.06 Å². The molecule has 0 aliphatic rings. The molecule has 44 valence electrons. The van der Waals surface area contributed by atoms with Gasteiger partial charge in [-0.25, -0.2) is 0 Å². The molecule has 3 heteroatoms. The van der Waals surface area contributed by atoms with Gasteiger partial charge in [0.2, 0.25) is 0 Å². The molecule has 0 unspecified atom stereocenters. The highest BCUT2D eigenvalue weighted by molar-refractivity contribution is 6.18. The van der Waals surface area contributed by atoms with Gasteiger partial charge in [0.05, 0.1) is 0 Å². The van der Waals surface area contributed by atoms with Crippen LogP contribution in [-0.4, -0.2) is 24.0 Å². The molecule has 0 amide bonds. The zero-order valence-corrected chi connectivity index (χ0v) is 5.11. The topological polar surface area (TPSA) is 26.3 Å². The Morgan fingerprint density at radius 2 is 2.29 bits per heavy atom. The minimum atomic E-state index is 0.428. The Morgan fingerprint density at radius 1 is 1.71 bits per heavy atom. The van der Waals surface area contributed by atoms with E-state index in [2.05, 4.69) is 0 Å². The summed E-state index contributed by atoms with van der Waals surface area (Å²) in [6.45, 7) is 2.78. The van der Waals surface area contributed by atoms with Gasteiger partial charge in [0, 0.05) is 5.88 Å². The highest BCUT2D eigenvalue weighted by Crippen LogP contribution is 1.82. The van der Waals surface area contributed by atoms with Crippen molar-refractivity contribution in [3.05, 3.63) is 5.21 Å². The summed E-state index contributed by atoms with van der Waals surface area (Å²) < 4.78 is 0. The van der Waals surface area contributed by atoms with Crippen LogP contribution in [0.4, 0.5) is 0 Å². The van der Waals surface area contributed by atoms with Crippen LogP contribution in [0.1, 0.15) is 6.92 Å². The molecule has 0 N–H and O–H groups in total. The maximum Gasteiger partial charge on any atom is 0.0341 e. The molecule has 2 nitrogen and oxygen atoms in total. The summed E-state index contributed by atoms with van der Waals surface area (Å²) >= 11 is 5.23. The molecule has 0 aromatic rings. The third kappa shape index (κ3) is 4.05. The number of hydrogen-bond donors (Lipinski definition) is 0. The normalized spacial score (nSPS) is 10.3. The predicted octanol–water partition coefficient (Wildman–Crippen LogP) is 1.04. The summed E-state index contributed by atoms with van der Waals surface area (Å²) in [6, 6.07) is 0. The quantitative estimate of drug-likeness (QED) is 0.413. The predicted molar refractivity (Wildman–Crippen MR) is 31.3 cm³/mol. The fourth-order valence-corrected chi connectivity index (χ4v) is 0.441.